The van der Waals surface area contributed by atoms with Gasteiger partial charge in [-0.25, -0.2) is 0 Å². The first-order valence-corrected chi connectivity index (χ1v) is 2.82. The molecule has 0 amide bonds. The van der Waals surface area contributed by atoms with Crippen LogP contribution in [0, 0.1) is 0 Å². The molecule has 1 heterocycles. The molecule has 9 heavy (non-hydrogen) atoms. The van der Waals surface area contributed by atoms with Crippen molar-refractivity contribution in [3.8, 4) is 0 Å². The quantitative estimate of drug-likeness (QED) is 0.410. The van der Waals surface area contributed by atoms with Crippen molar-refractivity contribution >= 4 is 5.97 Å². The van der Waals surface area contributed by atoms with Crippen molar-refractivity contribution in [3.63, 3.8) is 0 Å². The number of nitrogens with one attached hydrogen (secondary N) is 1. The van der Waals surface area contributed by atoms with E-state index in [1.165, 1.54) is 0 Å². The van der Waals surface area contributed by atoms with Gasteiger partial charge >= 0.3 is 0 Å². The molecule has 0 aromatic carbocycles. The maximum Gasteiger partial charge on any atom is 0.0683 e. The van der Waals surface area contributed by atoms with Crippen molar-refractivity contribution in [2.75, 3.05) is 6.54 Å². The molecule has 1 fully saturated rings. The van der Waals surface area contributed by atoms with Gasteiger partial charge in [-0.1, -0.05) is 0 Å². The highest BCUT2D eigenvalue weighted by atomic mass is 16.4. The normalized spacial score (nSPS) is 34.8. The number of β-amino-alcohol motifs (C(OH)–C–C–N with tert-alkyl or cyclic N) is 1. The van der Waals surface area contributed by atoms with E-state index in [0.29, 0.717) is 6.54 Å². The van der Waals surface area contributed by atoms with Crippen molar-refractivity contribution in [2.45, 2.75) is 18.6 Å². The van der Waals surface area contributed by atoms with Gasteiger partial charge in [0.2, 0.25) is 0 Å². The molecule has 2 atom stereocenters. The molecule has 4 heteroatoms. The van der Waals surface area contributed by atoms with E-state index in [-0.39, 0.29) is 6.42 Å². The van der Waals surface area contributed by atoms with E-state index in [0.717, 1.165) is 0 Å². The van der Waals surface area contributed by atoms with Gasteiger partial charge in [0, 0.05) is 12.6 Å². The molecular formula is C5H8NO3-. The Labute approximate surface area is 52.5 Å². The zero-order valence-corrected chi connectivity index (χ0v) is 4.83. The van der Waals surface area contributed by atoms with Crippen LogP contribution in [0.15, 0.2) is 0 Å². The molecule has 52 valence electrons. The topological polar surface area (TPSA) is 72.4 Å². The monoisotopic (exact) mass is 130 g/mol. The number of hydrogen-bond donors (Lipinski definition) is 2. The first-order valence-electron chi connectivity index (χ1n) is 2.82. The molecule has 1 aliphatic rings. The van der Waals surface area contributed by atoms with E-state index in [1.54, 1.807) is 0 Å². The summed E-state index contributed by atoms with van der Waals surface area (Å²) in [5, 5.41) is 21.5. The van der Waals surface area contributed by atoms with E-state index in [4.69, 9.17) is 5.11 Å². The maximum absolute atomic E-state index is 10.1. The molecule has 0 aliphatic carbocycles. The van der Waals surface area contributed by atoms with E-state index < -0.39 is 18.1 Å². The van der Waals surface area contributed by atoms with Crippen molar-refractivity contribution in [3.05, 3.63) is 0 Å². The van der Waals surface area contributed by atoms with Gasteiger partial charge in [-0.05, 0) is 6.42 Å². The number of carbonyl (C=O) groups excluding carboxylic acids is 1. The fourth-order valence-electron chi connectivity index (χ4n) is 0.897. The number of rotatable bonds is 1. The van der Waals surface area contributed by atoms with Gasteiger partial charge in [0.25, 0.3) is 0 Å². The van der Waals surface area contributed by atoms with Gasteiger partial charge in [0.1, 0.15) is 0 Å². The third-order valence-electron chi connectivity index (χ3n) is 1.39. The van der Waals surface area contributed by atoms with Gasteiger partial charge in [-0.2, -0.15) is 0 Å². The Morgan fingerprint density at radius 3 is 2.67 bits per heavy atom. The van der Waals surface area contributed by atoms with Crippen molar-refractivity contribution in [1.29, 1.82) is 0 Å². The van der Waals surface area contributed by atoms with Gasteiger partial charge < -0.3 is 20.3 Å². The standard InChI is InChI=1S/C5H9NO3/c7-3-1-4(5(8)9)6-2-3/h3-4,6-7H,1-2H2,(H,8,9)/p-1. The first-order chi connectivity index (χ1) is 4.20. The molecule has 2 N–H and O–H groups in total. The number of aliphatic hydroxyl groups excluding tert-OH is 1. The fraction of sp³-hybridized carbons (Fsp3) is 0.800. The van der Waals surface area contributed by atoms with Crippen LogP contribution in [0.5, 0.6) is 0 Å². The summed E-state index contributed by atoms with van der Waals surface area (Å²) in [6.45, 7) is 0.360. The summed E-state index contributed by atoms with van der Waals surface area (Å²) in [4.78, 5) is 10.1. The Hall–Kier alpha value is -0.610. The summed E-state index contributed by atoms with van der Waals surface area (Å²) in [6.07, 6.45) is -0.254. The minimum atomic E-state index is -1.13. The highest BCUT2D eigenvalue weighted by Crippen LogP contribution is 2.04. The van der Waals surface area contributed by atoms with Crippen LogP contribution in [-0.2, 0) is 4.79 Å². The lowest BCUT2D eigenvalue weighted by molar-refractivity contribution is -0.308. The molecule has 0 aromatic rings. The lowest BCUT2D eigenvalue weighted by Gasteiger charge is -2.08. The Bertz CT molecular complexity index is 125. The second-order valence-corrected chi connectivity index (χ2v) is 2.17. The molecule has 0 radical (unpaired) electrons. The average Bonchev–Trinajstić information content (AvgIpc) is 2.14. The molecule has 4 nitrogen and oxygen atoms in total. The van der Waals surface area contributed by atoms with Crippen LogP contribution in [-0.4, -0.2) is 29.8 Å². The second kappa shape index (κ2) is 2.33. The number of carboxylic acids is 1. The van der Waals surface area contributed by atoms with Crippen LogP contribution in [0.4, 0.5) is 0 Å². The van der Waals surface area contributed by atoms with Gasteiger partial charge in [-0.3, -0.25) is 0 Å². The minimum Gasteiger partial charge on any atom is -0.548 e. The molecule has 1 saturated heterocycles. The van der Waals surface area contributed by atoms with Crippen LogP contribution in [0.1, 0.15) is 6.42 Å². The Balaban J connectivity index is 2.39. The molecule has 2 unspecified atom stereocenters. The van der Waals surface area contributed by atoms with Crippen LogP contribution in [0.2, 0.25) is 0 Å². The number of hydrogen-bond acceptors (Lipinski definition) is 4. The van der Waals surface area contributed by atoms with Crippen molar-refractivity contribution < 1.29 is 15.0 Å². The summed E-state index contributed by atoms with van der Waals surface area (Å²) in [7, 11) is 0. The predicted octanol–water partition coefficient (Wildman–Crippen LogP) is -2.54. The largest absolute Gasteiger partial charge is 0.548 e. The van der Waals surface area contributed by atoms with Crippen LogP contribution < -0.4 is 10.4 Å². The molecule has 1 rings (SSSR count). The zero-order valence-electron chi connectivity index (χ0n) is 4.83. The van der Waals surface area contributed by atoms with Gasteiger partial charge in [0.15, 0.2) is 0 Å². The van der Waals surface area contributed by atoms with E-state index in [9.17, 15) is 9.90 Å². The average molecular weight is 130 g/mol. The number of aliphatic hydroxyl groups is 1. The number of aliphatic carboxylic acids is 1. The summed E-state index contributed by atoms with van der Waals surface area (Å²) < 4.78 is 0. The Morgan fingerprint density at radius 2 is 2.44 bits per heavy atom. The summed E-state index contributed by atoms with van der Waals surface area (Å²) >= 11 is 0. The zero-order chi connectivity index (χ0) is 6.85. The molecule has 0 spiro atoms. The SMILES string of the molecule is O=C([O-])C1CC(O)CN1. The minimum absolute atomic E-state index is 0.266. The Morgan fingerprint density at radius 1 is 1.78 bits per heavy atom. The fourth-order valence-corrected chi connectivity index (χ4v) is 0.897. The van der Waals surface area contributed by atoms with Gasteiger partial charge in [-0.15, -0.1) is 0 Å². The van der Waals surface area contributed by atoms with E-state index >= 15 is 0 Å². The third kappa shape index (κ3) is 1.40. The molecule has 0 aromatic heterocycles. The summed E-state index contributed by atoms with van der Waals surface area (Å²) in [5.74, 6) is -1.13. The smallest absolute Gasteiger partial charge is 0.0683 e. The highest BCUT2D eigenvalue weighted by Gasteiger charge is 2.22. The molecule has 0 bridgehead atoms. The molecule has 1 aliphatic heterocycles. The van der Waals surface area contributed by atoms with Gasteiger partial charge in [0.05, 0.1) is 12.1 Å². The highest BCUT2D eigenvalue weighted by molar-refractivity contribution is 5.71. The van der Waals surface area contributed by atoms with Crippen LogP contribution in [0.3, 0.4) is 0 Å². The lowest BCUT2D eigenvalue weighted by Crippen LogP contribution is -2.41. The van der Waals surface area contributed by atoms with E-state index in [1.807, 2.05) is 0 Å². The first kappa shape index (κ1) is 6.51. The van der Waals surface area contributed by atoms with Crippen molar-refractivity contribution in [2.24, 2.45) is 0 Å². The predicted molar refractivity (Wildman–Crippen MR) is 27.4 cm³/mol. The molecular weight excluding hydrogens is 122 g/mol. The maximum atomic E-state index is 10.1. The number of carbonyl (C=O) groups is 1. The summed E-state index contributed by atoms with van der Waals surface area (Å²) in [6, 6.07) is -0.653. The van der Waals surface area contributed by atoms with E-state index in [2.05, 4.69) is 5.32 Å². The number of carboxylic acid groups (broad SMARTS) is 1. The lowest BCUT2D eigenvalue weighted by atomic mass is 10.2. The third-order valence-corrected chi connectivity index (χ3v) is 1.39. The van der Waals surface area contributed by atoms with Crippen LogP contribution >= 0.6 is 0 Å². The van der Waals surface area contributed by atoms with Crippen molar-refractivity contribution in [1.82, 2.24) is 5.32 Å². The second-order valence-electron chi connectivity index (χ2n) is 2.17. The Kier molecular flexibility index (Phi) is 1.68. The summed E-state index contributed by atoms with van der Waals surface area (Å²) in [5.41, 5.74) is 0. The molecule has 0 saturated carbocycles. The van der Waals surface area contributed by atoms with Crippen LogP contribution in [0.25, 0.3) is 0 Å².